The molecule has 26 heavy (non-hydrogen) atoms. The molecule has 0 saturated carbocycles. The highest BCUT2D eigenvalue weighted by molar-refractivity contribution is 6.95. The van der Waals surface area contributed by atoms with E-state index in [4.69, 9.17) is 0 Å². The second-order valence-corrected chi connectivity index (χ2v) is 11.8. The SMILES string of the molecule is C[Si](C)(C1=CCc2c(c(O)n(-c3ccccc3)c2O)C1)c1ccccc1. The molecule has 2 N–H and O–H groups in total. The Hall–Kier alpha value is -2.72. The van der Waals surface area contributed by atoms with Crippen molar-refractivity contribution in [2.75, 3.05) is 0 Å². The molecule has 0 fully saturated rings. The fraction of sp³-hybridized carbons (Fsp3) is 0.182. The zero-order valence-corrected chi connectivity index (χ0v) is 16.1. The number of hydrogen-bond donors (Lipinski definition) is 2. The third-order valence-corrected chi connectivity index (χ3v) is 9.32. The Morgan fingerprint density at radius 2 is 1.38 bits per heavy atom. The third kappa shape index (κ3) is 2.58. The van der Waals surface area contributed by atoms with Crippen LogP contribution < -0.4 is 5.19 Å². The van der Waals surface area contributed by atoms with Crippen molar-refractivity contribution in [3.8, 4) is 17.4 Å². The first-order chi connectivity index (χ1) is 12.5. The summed E-state index contributed by atoms with van der Waals surface area (Å²) < 4.78 is 1.55. The zero-order chi connectivity index (χ0) is 18.3. The number of aromatic nitrogens is 1. The second kappa shape index (κ2) is 6.22. The quantitative estimate of drug-likeness (QED) is 0.691. The molecule has 132 valence electrons. The van der Waals surface area contributed by atoms with Gasteiger partial charge in [-0.1, -0.05) is 78.1 Å². The summed E-state index contributed by atoms with van der Waals surface area (Å²) in [6.45, 7) is 4.70. The van der Waals surface area contributed by atoms with Crippen LogP contribution in [-0.4, -0.2) is 22.9 Å². The lowest BCUT2D eigenvalue weighted by Crippen LogP contribution is -2.45. The summed E-state index contributed by atoms with van der Waals surface area (Å²) in [4.78, 5) is 0. The molecule has 0 atom stereocenters. The molecule has 0 amide bonds. The zero-order valence-electron chi connectivity index (χ0n) is 15.1. The van der Waals surface area contributed by atoms with E-state index in [-0.39, 0.29) is 11.8 Å². The average Bonchev–Trinajstić information content (AvgIpc) is 2.93. The Bertz CT molecular complexity index is 972. The predicted octanol–water partition coefficient (Wildman–Crippen LogP) is 4.07. The van der Waals surface area contributed by atoms with Crippen LogP contribution in [-0.2, 0) is 12.8 Å². The number of rotatable bonds is 3. The van der Waals surface area contributed by atoms with Gasteiger partial charge in [0.2, 0.25) is 11.8 Å². The summed E-state index contributed by atoms with van der Waals surface area (Å²) in [6.07, 6.45) is 3.62. The highest BCUT2D eigenvalue weighted by Crippen LogP contribution is 2.41. The van der Waals surface area contributed by atoms with E-state index in [1.54, 1.807) is 4.57 Å². The lowest BCUT2D eigenvalue weighted by atomic mass is 10.0. The van der Waals surface area contributed by atoms with Crippen molar-refractivity contribution in [1.29, 1.82) is 0 Å². The highest BCUT2D eigenvalue weighted by atomic mass is 28.3. The first-order valence-corrected chi connectivity index (χ1v) is 11.9. The molecule has 2 aromatic carbocycles. The number of para-hydroxylation sites is 1. The maximum atomic E-state index is 10.9. The van der Waals surface area contributed by atoms with E-state index in [1.165, 1.54) is 10.4 Å². The molecule has 1 aliphatic rings. The summed E-state index contributed by atoms with van der Waals surface area (Å²) >= 11 is 0. The van der Waals surface area contributed by atoms with Gasteiger partial charge in [0.1, 0.15) is 8.07 Å². The van der Waals surface area contributed by atoms with Gasteiger partial charge in [0.05, 0.1) is 5.69 Å². The molecule has 1 heterocycles. The number of hydrogen-bond acceptors (Lipinski definition) is 2. The van der Waals surface area contributed by atoms with Crippen LogP contribution in [0, 0.1) is 0 Å². The standard InChI is InChI=1S/C22H23NO2Si/c1-26(2,17-11-7-4-8-12-17)18-13-14-19-20(15-18)22(25)23(21(19)24)16-9-5-3-6-10-16/h3-13,24-25H,14-15H2,1-2H3. The molecule has 4 rings (SSSR count). The van der Waals surface area contributed by atoms with E-state index >= 15 is 0 Å². The van der Waals surface area contributed by atoms with E-state index in [1.807, 2.05) is 36.4 Å². The van der Waals surface area contributed by atoms with E-state index in [2.05, 4.69) is 43.4 Å². The van der Waals surface area contributed by atoms with E-state index in [0.717, 1.165) is 16.8 Å². The van der Waals surface area contributed by atoms with Gasteiger partial charge in [0.25, 0.3) is 0 Å². The van der Waals surface area contributed by atoms with Gasteiger partial charge in [-0.05, 0) is 25.0 Å². The molecule has 0 unspecified atom stereocenters. The average molecular weight is 362 g/mol. The second-order valence-electron chi connectivity index (χ2n) is 7.38. The highest BCUT2D eigenvalue weighted by Gasteiger charge is 2.33. The third-order valence-electron chi connectivity index (χ3n) is 5.56. The molecule has 0 saturated heterocycles. The fourth-order valence-corrected chi connectivity index (χ4v) is 6.49. The number of nitrogens with zero attached hydrogens (tertiary/aromatic N) is 1. The van der Waals surface area contributed by atoms with E-state index in [9.17, 15) is 10.2 Å². The number of fused-ring (bicyclic) bond motifs is 1. The Kier molecular flexibility index (Phi) is 4.00. The van der Waals surface area contributed by atoms with Gasteiger partial charge in [-0.2, -0.15) is 0 Å². The van der Waals surface area contributed by atoms with Gasteiger partial charge in [-0.15, -0.1) is 0 Å². The number of aromatic hydroxyl groups is 2. The Balaban J connectivity index is 1.74. The monoisotopic (exact) mass is 361 g/mol. The maximum Gasteiger partial charge on any atom is 0.202 e. The number of benzene rings is 2. The van der Waals surface area contributed by atoms with Crippen molar-refractivity contribution in [1.82, 2.24) is 4.57 Å². The van der Waals surface area contributed by atoms with Gasteiger partial charge in [0.15, 0.2) is 0 Å². The first-order valence-electron chi connectivity index (χ1n) is 8.95. The van der Waals surface area contributed by atoms with Crippen molar-refractivity contribution in [3.05, 3.63) is 83.1 Å². The lowest BCUT2D eigenvalue weighted by molar-refractivity contribution is 0.400. The van der Waals surface area contributed by atoms with E-state index in [0.29, 0.717) is 12.8 Å². The Labute approximate surface area is 154 Å². The van der Waals surface area contributed by atoms with Gasteiger partial charge >= 0.3 is 0 Å². The molecule has 0 bridgehead atoms. The number of allylic oxidation sites excluding steroid dienone is 2. The van der Waals surface area contributed by atoms with Crippen LogP contribution in [0.3, 0.4) is 0 Å². The topological polar surface area (TPSA) is 45.4 Å². The molecular weight excluding hydrogens is 338 g/mol. The minimum Gasteiger partial charge on any atom is -0.494 e. The van der Waals surface area contributed by atoms with Crippen molar-refractivity contribution in [2.24, 2.45) is 0 Å². The minimum atomic E-state index is -1.80. The van der Waals surface area contributed by atoms with Crippen LogP contribution >= 0.6 is 0 Å². The van der Waals surface area contributed by atoms with Gasteiger partial charge in [0, 0.05) is 11.1 Å². The Morgan fingerprint density at radius 1 is 0.808 bits per heavy atom. The maximum absolute atomic E-state index is 10.9. The fourth-order valence-electron chi connectivity index (χ4n) is 3.87. The van der Waals surface area contributed by atoms with Crippen molar-refractivity contribution in [2.45, 2.75) is 25.9 Å². The minimum absolute atomic E-state index is 0.151. The molecule has 0 aliphatic heterocycles. The summed E-state index contributed by atoms with van der Waals surface area (Å²) in [5.74, 6) is 0.311. The normalized spacial score (nSPS) is 14.0. The van der Waals surface area contributed by atoms with Crippen LogP contribution in [0.5, 0.6) is 11.8 Å². The molecular formula is C22H23NO2Si. The van der Waals surface area contributed by atoms with Crippen LogP contribution in [0.15, 0.2) is 71.9 Å². The molecule has 0 spiro atoms. The first kappa shape index (κ1) is 16.7. The van der Waals surface area contributed by atoms with Crippen molar-refractivity contribution in [3.63, 3.8) is 0 Å². The molecule has 1 aliphatic carbocycles. The van der Waals surface area contributed by atoms with Crippen LogP contribution in [0.25, 0.3) is 5.69 Å². The summed E-state index contributed by atoms with van der Waals surface area (Å²) in [5, 5.41) is 24.3. The van der Waals surface area contributed by atoms with Gasteiger partial charge in [-0.3, -0.25) is 4.57 Å². The van der Waals surface area contributed by atoms with E-state index < -0.39 is 8.07 Å². The van der Waals surface area contributed by atoms with Crippen LogP contribution in [0.4, 0.5) is 0 Å². The molecule has 0 radical (unpaired) electrons. The molecule has 3 aromatic rings. The lowest BCUT2D eigenvalue weighted by Gasteiger charge is -2.29. The van der Waals surface area contributed by atoms with Crippen LogP contribution in [0.2, 0.25) is 13.1 Å². The predicted molar refractivity (Wildman–Crippen MR) is 108 cm³/mol. The largest absolute Gasteiger partial charge is 0.494 e. The molecule has 3 nitrogen and oxygen atoms in total. The molecule has 1 aromatic heterocycles. The smallest absolute Gasteiger partial charge is 0.202 e. The van der Waals surface area contributed by atoms with Crippen LogP contribution in [0.1, 0.15) is 11.1 Å². The molecule has 4 heteroatoms. The Morgan fingerprint density at radius 3 is 2.04 bits per heavy atom. The summed E-state index contributed by atoms with van der Waals surface area (Å²) in [6, 6.07) is 20.2. The van der Waals surface area contributed by atoms with Gasteiger partial charge < -0.3 is 10.2 Å². The summed E-state index contributed by atoms with van der Waals surface area (Å²) in [7, 11) is -1.80. The van der Waals surface area contributed by atoms with Crippen molar-refractivity contribution >= 4 is 13.3 Å². The van der Waals surface area contributed by atoms with Crippen molar-refractivity contribution < 1.29 is 10.2 Å². The van der Waals surface area contributed by atoms with Gasteiger partial charge in [-0.25, -0.2) is 0 Å². The summed E-state index contributed by atoms with van der Waals surface area (Å²) in [5.41, 5.74) is 2.48.